The van der Waals surface area contributed by atoms with E-state index in [1.807, 2.05) is 6.07 Å². The van der Waals surface area contributed by atoms with Crippen LogP contribution in [0.1, 0.15) is 16.8 Å². The molecule has 1 aromatic carbocycles. The average Bonchev–Trinajstić information content (AvgIpc) is 2.98. The van der Waals surface area contributed by atoms with E-state index in [2.05, 4.69) is 0 Å². The minimum atomic E-state index is -1.44. The molecule has 5 N–H and O–H groups in total. The summed E-state index contributed by atoms with van der Waals surface area (Å²) in [5.74, 6) is -4.25. The lowest BCUT2D eigenvalue weighted by Gasteiger charge is -2.15. The zero-order chi connectivity index (χ0) is 17.9. The molecular weight excluding hydrogens is 352 g/mol. The van der Waals surface area contributed by atoms with Gasteiger partial charge in [-0.2, -0.15) is 0 Å². The van der Waals surface area contributed by atoms with Crippen LogP contribution in [0.15, 0.2) is 36.4 Å². The third-order valence-electron chi connectivity index (χ3n) is 3.47. The van der Waals surface area contributed by atoms with Crippen molar-refractivity contribution in [3.63, 3.8) is 0 Å². The fourth-order valence-corrected chi connectivity index (χ4v) is 3.23. The average molecular weight is 367 g/mol. The molecule has 0 saturated heterocycles. The zero-order valence-corrected chi connectivity index (χ0v) is 14.0. The lowest BCUT2D eigenvalue weighted by Crippen LogP contribution is -2.41. The van der Waals surface area contributed by atoms with Crippen LogP contribution in [-0.4, -0.2) is 28.8 Å². The van der Waals surface area contributed by atoms with Crippen LogP contribution in [0.25, 0.3) is 10.4 Å². The maximum absolute atomic E-state index is 12.5. The Kier molecular flexibility index (Phi) is 5.71. The number of hydrogen-bond donors (Lipinski definition) is 3. The number of amides is 1. The number of carboxylic acids is 1. The van der Waals surface area contributed by atoms with Crippen LogP contribution in [-0.2, 0) is 9.59 Å². The Balaban J connectivity index is 2.30. The number of primary amides is 1. The molecular formula is C16H15ClN2O4S. The number of hydrogen-bond acceptors (Lipinski definition) is 5. The highest BCUT2D eigenvalue weighted by molar-refractivity contribution is 7.19. The summed E-state index contributed by atoms with van der Waals surface area (Å²) < 4.78 is 0.609. The first kappa shape index (κ1) is 18.1. The van der Waals surface area contributed by atoms with Crippen LogP contribution in [0, 0.1) is 5.92 Å². The molecule has 24 heavy (non-hydrogen) atoms. The van der Waals surface area contributed by atoms with Crippen molar-refractivity contribution in [2.75, 3.05) is 0 Å². The van der Waals surface area contributed by atoms with Gasteiger partial charge in [0.2, 0.25) is 5.91 Å². The van der Waals surface area contributed by atoms with Crippen molar-refractivity contribution in [2.45, 2.75) is 12.5 Å². The molecule has 0 aliphatic heterocycles. The summed E-state index contributed by atoms with van der Waals surface area (Å²) in [6.45, 7) is 0. The first-order valence-corrected chi connectivity index (χ1v) is 8.16. The molecule has 0 aliphatic rings. The number of rotatable bonds is 7. The Hall–Kier alpha value is -2.22. The summed E-state index contributed by atoms with van der Waals surface area (Å²) >= 11 is 7.25. The normalized spacial score (nSPS) is 13.2. The maximum Gasteiger partial charge on any atom is 0.314 e. The van der Waals surface area contributed by atoms with Gasteiger partial charge in [-0.15, -0.1) is 11.3 Å². The summed E-state index contributed by atoms with van der Waals surface area (Å²) in [6.07, 6.45) is -0.349. The number of ketones is 1. The van der Waals surface area contributed by atoms with Gasteiger partial charge in [0.15, 0.2) is 5.78 Å². The second-order valence-electron chi connectivity index (χ2n) is 5.18. The molecule has 1 unspecified atom stereocenters. The molecule has 2 atom stereocenters. The number of nitrogens with two attached hydrogens (primary N) is 2. The summed E-state index contributed by atoms with van der Waals surface area (Å²) in [4.78, 5) is 35.8. The molecule has 1 heterocycles. The molecule has 0 radical (unpaired) electrons. The van der Waals surface area contributed by atoms with E-state index in [1.165, 1.54) is 17.4 Å². The second-order valence-corrected chi connectivity index (χ2v) is 6.90. The highest BCUT2D eigenvalue weighted by Crippen LogP contribution is 2.31. The fraction of sp³-hybridized carbons (Fsp3) is 0.188. The van der Waals surface area contributed by atoms with Gasteiger partial charge >= 0.3 is 5.97 Å². The van der Waals surface area contributed by atoms with Gasteiger partial charge in [-0.05, 0) is 30.2 Å². The smallest absolute Gasteiger partial charge is 0.314 e. The third-order valence-corrected chi connectivity index (χ3v) is 4.75. The second kappa shape index (κ2) is 7.57. The first-order chi connectivity index (χ1) is 11.3. The van der Waals surface area contributed by atoms with Gasteiger partial charge in [-0.1, -0.05) is 29.8 Å². The number of thiophene rings is 1. The number of aliphatic carboxylic acids is 1. The van der Waals surface area contributed by atoms with Crippen LogP contribution >= 0.6 is 22.9 Å². The predicted molar refractivity (Wildman–Crippen MR) is 92.0 cm³/mol. The minimum Gasteiger partial charge on any atom is -0.481 e. The SMILES string of the molecule is NC(=O)[C@@H](N)CC(C(=O)O)C(=O)c1cccc(-c2ccc(Cl)s2)c1. The Bertz CT molecular complexity index is 790. The molecule has 1 aromatic heterocycles. The topological polar surface area (TPSA) is 123 Å². The van der Waals surface area contributed by atoms with Crippen LogP contribution < -0.4 is 11.5 Å². The summed E-state index contributed by atoms with van der Waals surface area (Å²) in [5, 5.41) is 9.28. The van der Waals surface area contributed by atoms with Crippen LogP contribution in [0.4, 0.5) is 0 Å². The molecule has 0 saturated carbocycles. The van der Waals surface area contributed by atoms with E-state index in [4.69, 9.17) is 23.1 Å². The van der Waals surface area contributed by atoms with Gasteiger partial charge in [-0.3, -0.25) is 14.4 Å². The highest BCUT2D eigenvalue weighted by atomic mass is 35.5. The molecule has 1 amide bonds. The highest BCUT2D eigenvalue weighted by Gasteiger charge is 2.31. The van der Waals surface area contributed by atoms with Gasteiger partial charge in [0, 0.05) is 10.4 Å². The number of carboxylic acid groups (broad SMARTS) is 1. The van der Waals surface area contributed by atoms with E-state index in [9.17, 15) is 19.5 Å². The first-order valence-electron chi connectivity index (χ1n) is 6.97. The Morgan fingerprint density at radius 2 is 1.92 bits per heavy atom. The number of Topliss-reactive ketones (excluding diaryl/α,β-unsaturated/α-hetero) is 1. The molecule has 6 nitrogen and oxygen atoms in total. The zero-order valence-electron chi connectivity index (χ0n) is 12.4. The molecule has 0 spiro atoms. The Morgan fingerprint density at radius 1 is 1.21 bits per heavy atom. The summed E-state index contributed by atoms with van der Waals surface area (Å²) in [6, 6.07) is 8.92. The number of carbonyl (C=O) groups excluding carboxylic acids is 2. The van der Waals surface area contributed by atoms with Gasteiger partial charge < -0.3 is 16.6 Å². The van der Waals surface area contributed by atoms with Crippen molar-refractivity contribution in [3.8, 4) is 10.4 Å². The molecule has 2 rings (SSSR count). The lowest BCUT2D eigenvalue weighted by atomic mass is 9.90. The van der Waals surface area contributed by atoms with Crippen LogP contribution in [0.3, 0.4) is 0 Å². The van der Waals surface area contributed by atoms with Gasteiger partial charge in [0.25, 0.3) is 0 Å². The van der Waals surface area contributed by atoms with Gasteiger partial charge in [0.1, 0.15) is 5.92 Å². The van der Waals surface area contributed by atoms with E-state index < -0.39 is 29.6 Å². The van der Waals surface area contributed by atoms with Gasteiger partial charge in [-0.25, -0.2) is 0 Å². The number of carbonyl (C=O) groups is 3. The minimum absolute atomic E-state index is 0.223. The molecule has 0 aliphatic carbocycles. The molecule has 0 fully saturated rings. The summed E-state index contributed by atoms with van der Waals surface area (Å²) in [7, 11) is 0. The van der Waals surface area contributed by atoms with Crippen LogP contribution in [0.2, 0.25) is 4.34 Å². The van der Waals surface area contributed by atoms with E-state index in [-0.39, 0.29) is 12.0 Å². The van der Waals surface area contributed by atoms with Crippen molar-refractivity contribution >= 4 is 40.6 Å². The predicted octanol–water partition coefficient (Wildman–Crippen LogP) is 2.15. The third kappa shape index (κ3) is 4.19. The maximum atomic E-state index is 12.5. The monoisotopic (exact) mass is 366 g/mol. The van der Waals surface area contributed by atoms with E-state index in [0.717, 1.165) is 10.4 Å². The van der Waals surface area contributed by atoms with Crippen molar-refractivity contribution in [1.29, 1.82) is 0 Å². The van der Waals surface area contributed by atoms with Crippen molar-refractivity contribution < 1.29 is 19.5 Å². The largest absolute Gasteiger partial charge is 0.481 e. The standard InChI is InChI=1S/C16H15ClN2O4S/c17-13-5-4-12(24-13)8-2-1-3-9(6-8)14(20)10(16(22)23)7-11(18)15(19)21/h1-6,10-11H,7,18H2,(H2,19,21)(H,22,23)/t10?,11-/m0/s1. The number of halogens is 1. The van der Waals surface area contributed by atoms with E-state index >= 15 is 0 Å². The van der Waals surface area contributed by atoms with Gasteiger partial charge in [0.05, 0.1) is 10.4 Å². The lowest BCUT2D eigenvalue weighted by molar-refractivity contribution is -0.140. The van der Waals surface area contributed by atoms with Crippen molar-refractivity contribution in [1.82, 2.24) is 0 Å². The summed E-state index contributed by atoms with van der Waals surface area (Å²) in [5.41, 5.74) is 11.5. The molecule has 126 valence electrons. The Labute approximate surface area is 147 Å². The fourth-order valence-electron chi connectivity index (χ4n) is 2.19. The number of benzene rings is 1. The quantitative estimate of drug-likeness (QED) is 0.511. The molecule has 2 aromatic rings. The van der Waals surface area contributed by atoms with Crippen LogP contribution in [0.5, 0.6) is 0 Å². The molecule has 8 heteroatoms. The van der Waals surface area contributed by atoms with E-state index in [0.29, 0.717) is 4.34 Å². The van der Waals surface area contributed by atoms with Crippen molar-refractivity contribution in [3.05, 3.63) is 46.3 Å². The van der Waals surface area contributed by atoms with Crippen molar-refractivity contribution in [2.24, 2.45) is 17.4 Å². The Morgan fingerprint density at radius 3 is 2.46 bits per heavy atom. The van der Waals surface area contributed by atoms with E-state index in [1.54, 1.807) is 24.3 Å². The molecule has 0 bridgehead atoms.